The van der Waals surface area contributed by atoms with Crippen LogP contribution in [0.3, 0.4) is 0 Å². The van der Waals surface area contributed by atoms with E-state index in [1.807, 2.05) is 0 Å². The van der Waals surface area contributed by atoms with Gasteiger partial charge in [0.2, 0.25) is 0 Å². The molecule has 74 valence electrons. The first-order chi connectivity index (χ1) is 6.50. The molecule has 0 fully saturated rings. The highest BCUT2D eigenvalue weighted by atomic mass is 79.9. The third kappa shape index (κ3) is 3.01. The lowest BCUT2D eigenvalue weighted by Gasteiger charge is -2.01. The zero-order valence-electron chi connectivity index (χ0n) is 6.80. The Morgan fingerprint density at radius 3 is 2.64 bits per heavy atom. The number of halogens is 3. The van der Waals surface area contributed by atoms with E-state index in [0.29, 0.717) is 15.6 Å². The van der Waals surface area contributed by atoms with Crippen LogP contribution in [0.15, 0.2) is 22.7 Å². The van der Waals surface area contributed by atoms with Gasteiger partial charge in [-0.1, -0.05) is 39.1 Å². The predicted molar refractivity (Wildman–Crippen MR) is 60.8 cm³/mol. The SMILES string of the molecule is O=C(O)/C=C/c1cc(Br)cc(Cl)c1Cl. The average molecular weight is 296 g/mol. The van der Waals surface area contributed by atoms with Gasteiger partial charge in [-0.3, -0.25) is 0 Å². The second kappa shape index (κ2) is 4.82. The number of hydrogen-bond acceptors (Lipinski definition) is 1. The minimum absolute atomic E-state index is 0.340. The molecule has 0 aliphatic heterocycles. The van der Waals surface area contributed by atoms with E-state index in [2.05, 4.69) is 15.9 Å². The lowest BCUT2D eigenvalue weighted by Crippen LogP contribution is -1.86. The van der Waals surface area contributed by atoms with Crippen LogP contribution in [0.25, 0.3) is 6.08 Å². The Labute approximate surface area is 99.3 Å². The molecule has 0 radical (unpaired) electrons. The molecule has 0 unspecified atom stereocenters. The van der Waals surface area contributed by atoms with E-state index in [0.717, 1.165) is 10.5 Å². The zero-order valence-corrected chi connectivity index (χ0v) is 9.90. The van der Waals surface area contributed by atoms with Crippen molar-refractivity contribution < 1.29 is 9.90 Å². The summed E-state index contributed by atoms with van der Waals surface area (Å²) in [5, 5.41) is 9.15. The Bertz CT molecular complexity index is 402. The quantitative estimate of drug-likeness (QED) is 0.664. The summed E-state index contributed by atoms with van der Waals surface area (Å²) in [5.74, 6) is -1.03. The first kappa shape index (κ1) is 11.6. The summed E-state index contributed by atoms with van der Waals surface area (Å²) in [7, 11) is 0. The number of hydrogen-bond donors (Lipinski definition) is 1. The minimum atomic E-state index is -1.03. The average Bonchev–Trinajstić information content (AvgIpc) is 2.08. The molecule has 5 heteroatoms. The monoisotopic (exact) mass is 294 g/mol. The van der Waals surface area contributed by atoms with Crippen molar-refractivity contribution in [3.8, 4) is 0 Å². The van der Waals surface area contributed by atoms with Gasteiger partial charge >= 0.3 is 5.97 Å². The van der Waals surface area contributed by atoms with Gasteiger partial charge < -0.3 is 5.11 Å². The standard InChI is InChI=1S/C9H5BrCl2O2/c10-6-3-5(1-2-8(13)14)9(12)7(11)4-6/h1-4H,(H,13,14)/b2-1+. The maximum atomic E-state index is 10.3. The summed E-state index contributed by atoms with van der Waals surface area (Å²) >= 11 is 14.9. The fourth-order valence-electron chi connectivity index (χ4n) is 0.858. The molecular weight excluding hydrogens is 291 g/mol. The molecule has 0 aromatic heterocycles. The molecule has 2 nitrogen and oxygen atoms in total. The van der Waals surface area contributed by atoms with Gasteiger partial charge in [0, 0.05) is 10.5 Å². The van der Waals surface area contributed by atoms with Crippen LogP contribution >= 0.6 is 39.1 Å². The van der Waals surface area contributed by atoms with Crippen molar-refractivity contribution in [2.75, 3.05) is 0 Å². The highest BCUT2D eigenvalue weighted by molar-refractivity contribution is 9.10. The van der Waals surface area contributed by atoms with Crippen LogP contribution in [-0.2, 0) is 4.79 Å². The van der Waals surface area contributed by atoms with Gasteiger partial charge in [-0.25, -0.2) is 4.79 Å². The van der Waals surface area contributed by atoms with E-state index < -0.39 is 5.97 Å². The van der Waals surface area contributed by atoms with Gasteiger partial charge in [-0.15, -0.1) is 0 Å². The maximum absolute atomic E-state index is 10.3. The van der Waals surface area contributed by atoms with Gasteiger partial charge in [-0.2, -0.15) is 0 Å². The van der Waals surface area contributed by atoms with E-state index >= 15 is 0 Å². The smallest absolute Gasteiger partial charge is 0.328 e. The number of aliphatic carboxylic acids is 1. The van der Waals surface area contributed by atoms with Gasteiger partial charge in [0.25, 0.3) is 0 Å². The summed E-state index contributed by atoms with van der Waals surface area (Å²) in [6.45, 7) is 0. The number of carbonyl (C=O) groups is 1. The minimum Gasteiger partial charge on any atom is -0.478 e. The molecule has 0 aliphatic rings. The third-order valence-electron chi connectivity index (χ3n) is 1.43. The van der Waals surface area contributed by atoms with Gasteiger partial charge in [0.15, 0.2) is 0 Å². The highest BCUT2D eigenvalue weighted by Crippen LogP contribution is 2.30. The van der Waals surface area contributed by atoms with E-state index in [1.54, 1.807) is 12.1 Å². The normalized spacial score (nSPS) is 10.8. The number of benzene rings is 1. The van der Waals surface area contributed by atoms with Crippen molar-refractivity contribution in [2.45, 2.75) is 0 Å². The Morgan fingerprint density at radius 1 is 1.43 bits per heavy atom. The van der Waals surface area contributed by atoms with Gasteiger partial charge in [0.05, 0.1) is 10.0 Å². The van der Waals surface area contributed by atoms with E-state index in [1.165, 1.54) is 6.08 Å². The molecule has 14 heavy (non-hydrogen) atoms. The summed E-state index contributed by atoms with van der Waals surface area (Å²) in [4.78, 5) is 10.3. The highest BCUT2D eigenvalue weighted by Gasteiger charge is 2.04. The largest absolute Gasteiger partial charge is 0.478 e. The molecule has 0 amide bonds. The number of carboxylic acid groups (broad SMARTS) is 1. The summed E-state index contributed by atoms with van der Waals surface area (Å²) in [5.41, 5.74) is 0.563. The van der Waals surface area contributed by atoms with Crippen LogP contribution in [-0.4, -0.2) is 11.1 Å². The van der Waals surface area contributed by atoms with E-state index in [9.17, 15) is 4.79 Å². The van der Waals surface area contributed by atoms with Crippen LogP contribution in [0.2, 0.25) is 10.0 Å². The van der Waals surface area contributed by atoms with E-state index in [4.69, 9.17) is 28.3 Å². The van der Waals surface area contributed by atoms with Crippen LogP contribution < -0.4 is 0 Å². The van der Waals surface area contributed by atoms with Crippen molar-refractivity contribution >= 4 is 51.2 Å². The van der Waals surface area contributed by atoms with Crippen molar-refractivity contribution in [3.63, 3.8) is 0 Å². The van der Waals surface area contributed by atoms with Crippen molar-refractivity contribution in [3.05, 3.63) is 38.3 Å². The molecule has 0 saturated carbocycles. The van der Waals surface area contributed by atoms with Crippen molar-refractivity contribution in [1.82, 2.24) is 0 Å². The van der Waals surface area contributed by atoms with Crippen molar-refractivity contribution in [2.24, 2.45) is 0 Å². The Balaban J connectivity index is 3.14. The lowest BCUT2D eigenvalue weighted by molar-refractivity contribution is -0.131. The lowest BCUT2D eigenvalue weighted by atomic mass is 10.2. The van der Waals surface area contributed by atoms with Crippen molar-refractivity contribution in [1.29, 1.82) is 0 Å². The summed E-state index contributed by atoms with van der Waals surface area (Å²) in [6, 6.07) is 3.33. The molecule has 1 aromatic rings. The van der Waals surface area contributed by atoms with Gasteiger partial charge in [-0.05, 0) is 23.8 Å². The van der Waals surface area contributed by atoms with Crippen LogP contribution in [0.4, 0.5) is 0 Å². The van der Waals surface area contributed by atoms with Crippen LogP contribution in [0.5, 0.6) is 0 Å². The maximum Gasteiger partial charge on any atom is 0.328 e. The second-order valence-corrected chi connectivity index (χ2v) is 4.16. The second-order valence-electron chi connectivity index (χ2n) is 2.46. The fraction of sp³-hybridized carbons (Fsp3) is 0. The molecule has 1 aromatic carbocycles. The zero-order chi connectivity index (χ0) is 10.7. The molecule has 0 saturated heterocycles. The molecule has 0 aliphatic carbocycles. The predicted octanol–water partition coefficient (Wildman–Crippen LogP) is 3.85. The van der Waals surface area contributed by atoms with E-state index in [-0.39, 0.29) is 0 Å². The number of rotatable bonds is 2. The molecule has 1 rings (SSSR count). The molecular formula is C9H5BrCl2O2. The first-order valence-electron chi connectivity index (χ1n) is 3.56. The first-order valence-corrected chi connectivity index (χ1v) is 5.11. The molecule has 0 bridgehead atoms. The third-order valence-corrected chi connectivity index (χ3v) is 2.70. The molecule has 0 heterocycles. The molecule has 1 N–H and O–H groups in total. The summed E-state index contributed by atoms with van der Waals surface area (Å²) in [6.07, 6.45) is 2.39. The Kier molecular flexibility index (Phi) is 3.98. The Hall–Kier alpha value is -0.510. The molecule has 0 atom stereocenters. The topological polar surface area (TPSA) is 37.3 Å². The fourth-order valence-corrected chi connectivity index (χ4v) is 1.86. The Morgan fingerprint density at radius 2 is 2.07 bits per heavy atom. The van der Waals surface area contributed by atoms with Gasteiger partial charge in [0.1, 0.15) is 0 Å². The van der Waals surface area contributed by atoms with Crippen LogP contribution in [0, 0.1) is 0 Å². The molecule has 0 spiro atoms. The summed E-state index contributed by atoms with van der Waals surface area (Å²) < 4.78 is 0.747. The number of carboxylic acids is 1. The van der Waals surface area contributed by atoms with Crippen LogP contribution in [0.1, 0.15) is 5.56 Å².